The molecule has 4 amide bonds. The van der Waals surface area contributed by atoms with E-state index in [9.17, 15) is 32.5 Å². The summed E-state index contributed by atoms with van der Waals surface area (Å²) in [6.07, 6.45) is 5.12. The van der Waals surface area contributed by atoms with Gasteiger partial charge in [-0.1, -0.05) is 40.2 Å². The Kier molecular flexibility index (Phi) is 10.4. The van der Waals surface area contributed by atoms with Crippen LogP contribution in [0.2, 0.25) is 0 Å². The van der Waals surface area contributed by atoms with E-state index in [1.807, 2.05) is 16.7 Å². The van der Waals surface area contributed by atoms with Crippen molar-refractivity contribution < 1.29 is 42.3 Å². The smallest absolute Gasteiger partial charge is 0.341 e. The number of carbonyl (C=O) groups is 4. The van der Waals surface area contributed by atoms with Crippen LogP contribution in [0.3, 0.4) is 0 Å². The van der Waals surface area contributed by atoms with Gasteiger partial charge in [-0.25, -0.2) is 0 Å². The van der Waals surface area contributed by atoms with E-state index in [1.165, 1.54) is 12.1 Å². The molecule has 0 radical (unpaired) electrons. The standard InChI is InChI=1S/C33H45F2N4O7PS/c1-5-6-9-27(40)37-15-12-20-13-16-39(24(20)19-37)30(42)23-8-7-14-38(23)31(43)28(32(2,3)4)36-29(41)26-18-21-17-22(10-11-25(21)48-26)33(34,35)47(44,45)46/h10-11,17-18,20,23-24,28H,5-9,12-16,19H2,1-4H3,(H,36,41)(H2,44,45,46)/t20-,23-,24-,28+/m0/s1. The summed E-state index contributed by atoms with van der Waals surface area (Å²) < 4.78 is 40.5. The molecule has 11 nitrogen and oxygen atoms in total. The van der Waals surface area contributed by atoms with Gasteiger partial charge in [0, 0.05) is 42.9 Å². The van der Waals surface area contributed by atoms with Gasteiger partial charge in [-0.2, -0.15) is 8.78 Å². The molecule has 3 N–H and O–H groups in total. The van der Waals surface area contributed by atoms with Crippen molar-refractivity contribution in [3.05, 3.63) is 34.7 Å². The Hall–Kier alpha value is -2.93. The monoisotopic (exact) mass is 710 g/mol. The van der Waals surface area contributed by atoms with Gasteiger partial charge in [0.05, 0.1) is 10.9 Å². The molecule has 48 heavy (non-hydrogen) atoms. The number of unbranched alkanes of at least 4 members (excludes halogenated alkanes) is 1. The van der Waals surface area contributed by atoms with Gasteiger partial charge in [-0.15, -0.1) is 11.3 Å². The van der Waals surface area contributed by atoms with Crippen molar-refractivity contribution in [2.75, 3.05) is 26.2 Å². The highest BCUT2D eigenvalue weighted by atomic mass is 32.1. The lowest BCUT2D eigenvalue weighted by atomic mass is 9.85. The van der Waals surface area contributed by atoms with E-state index in [4.69, 9.17) is 9.79 Å². The van der Waals surface area contributed by atoms with Crippen molar-refractivity contribution in [2.24, 2.45) is 11.3 Å². The second kappa shape index (κ2) is 13.8. The second-order valence-corrected chi connectivity index (χ2v) is 17.0. The zero-order valence-corrected chi connectivity index (χ0v) is 29.5. The van der Waals surface area contributed by atoms with Crippen LogP contribution in [0.4, 0.5) is 8.78 Å². The van der Waals surface area contributed by atoms with E-state index in [1.54, 1.807) is 25.7 Å². The van der Waals surface area contributed by atoms with Gasteiger partial charge >= 0.3 is 13.3 Å². The van der Waals surface area contributed by atoms with Crippen LogP contribution in [0.5, 0.6) is 0 Å². The summed E-state index contributed by atoms with van der Waals surface area (Å²) in [4.78, 5) is 78.3. The van der Waals surface area contributed by atoms with Crippen LogP contribution >= 0.6 is 18.9 Å². The van der Waals surface area contributed by atoms with Crippen LogP contribution in [0.25, 0.3) is 10.1 Å². The lowest BCUT2D eigenvalue weighted by Gasteiger charge is -2.40. The Morgan fingerprint density at radius 2 is 1.75 bits per heavy atom. The average Bonchev–Trinajstić information content (AvgIpc) is 3.78. The molecule has 2 aromatic rings. The lowest BCUT2D eigenvalue weighted by Crippen LogP contribution is -2.59. The first-order valence-corrected chi connectivity index (χ1v) is 19.0. The maximum absolute atomic E-state index is 14.3. The van der Waals surface area contributed by atoms with Gasteiger partial charge in [0.2, 0.25) is 17.7 Å². The summed E-state index contributed by atoms with van der Waals surface area (Å²) in [6.45, 7) is 9.62. The summed E-state index contributed by atoms with van der Waals surface area (Å²) in [5, 5.41) is 3.03. The van der Waals surface area contributed by atoms with Crippen LogP contribution in [0, 0.1) is 11.3 Å². The van der Waals surface area contributed by atoms with Crippen LogP contribution < -0.4 is 5.32 Å². The summed E-state index contributed by atoms with van der Waals surface area (Å²) >= 11 is 1.00. The number of likely N-dealkylation sites (tertiary alicyclic amines) is 3. The number of thiophene rings is 1. The average molecular weight is 711 g/mol. The Morgan fingerprint density at radius 3 is 2.42 bits per heavy atom. The molecule has 1 aromatic carbocycles. The molecule has 0 bridgehead atoms. The molecule has 1 aromatic heterocycles. The highest BCUT2D eigenvalue weighted by molar-refractivity contribution is 7.52. The Labute approximate surface area is 283 Å². The zero-order valence-electron chi connectivity index (χ0n) is 27.8. The van der Waals surface area contributed by atoms with E-state index in [-0.39, 0.29) is 34.0 Å². The highest BCUT2D eigenvalue weighted by Crippen LogP contribution is 2.59. The minimum atomic E-state index is -5.77. The molecule has 0 spiro atoms. The number of carbonyl (C=O) groups excluding carboxylic acids is 4. The number of rotatable bonds is 9. The van der Waals surface area contributed by atoms with Gasteiger partial charge in [-0.3, -0.25) is 23.7 Å². The predicted octanol–water partition coefficient (Wildman–Crippen LogP) is 4.90. The van der Waals surface area contributed by atoms with E-state index < -0.39 is 42.2 Å². The number of hydrogen-bond donors (Lipinski definition) is 3. The normalized spacial score (nSPS) is 22.6. The van der Waals surface area contributed by atoms with Gasteiger partial charge in [-0.05, 0) is 67.0 Å². The van der Waals surface area contributed by atoms with Crippen LogP contribution in [-0.2, 0) is 24.6 Å². The van der Waals surface area contributed by atoms with Crippen molar-refractivity contribution in [3.63, 3.8) is 0 Å². The van der Waals surface area contributed by atoms with Gasteiger partial charge in [0.15, 0.2) is 0 Å². The fourth-order valence-electron chi connectivity index (χ4n) is 7.13. The molecule has 15 heteroatoms. The third-order valence-corrected chi connectivity index (χ3v) is 12.0. The van der Waals surface area contributed by atoms with E-state index >= 15 is 0 Å². The van der Waals surface area contributed by atoms with Gasteiger partial charge in [0.1, 0.15) is 12.1 Å². The van der Waals surface area contributed by atoms with E-state index in [0.29, 0.717) is 56.1 Å². The minimum absolute atomic E-state index is 0.0809. The number of benzene rings is 1. The molecule has 4 atom stereocenters. The maximum atomic E-state index is 14.3. The van der Waals surface area contributed by atoms with Crippen molar-refractivity contribution in [2.45, 2.75) is 96.4 Å². The van der Waals surface area contributed by atoms with Crippen molar-refractivity contribution in [3.8, 4) is 0 Å². The highest BCUT2D eigenvalue weighted by Gasteiger charge is 2.51. The molecule has 264 valence electrons. The van der Waals surface area contributed by atoms with E-state index in [0.717, 1.165) is 49.2 Å². The fraction of sp³-hybridized carbons (Fsp3) is 0.636. The number of alkyl halides is 2. The van der Waals surface area contributed by atoms with Gasteiger partial charge in [0.25, 0.3) is 5.91 Å². The number of nitrogens with one attached hydrogen (secondary N) is 1. The van der Waals surface area contributed by atoms with Crippen LogP contribution in [0.15, 0.2) is 24.3 Å². The summed E-state index contributed by atoms with van der Waals surface area (Å²) in [7, 11) is -5.77. The number of hydrogen-bond acceptors (Lipinski definition) is 6. The number of amides is 4. The molecule has 3 saturated heterocycles. The molecule has 3 aliphatic heterocycles. The third kappa shape index (κ3) is 7.18. The maximum Gasteiger partial charge on any atom is 0.399 e. The largest absolute Gasteiger partial charge is 0.399 e. The van der Waals surface area contributed by atoms with E-state index in [2.05, 4.69) is 5.32 Å². The molecular formula is C33H45F2N4O7PS. The molecular weight excluding hydrogens is 665 g/mol. The molecule has 0 aliphatic carbocycles. The van der Waals surface area contributed by atoms with Crippen molar-refractivity contribution in [1.82, 2.24) is 20.0 Å². The fourth-order valence-corrected chi connectivity index (χ4v) is 8.55. The van der Waals surface area contributed by atoms with Crippen LogP contribution in [-0.4, -0.2) is 92.4 Å². The number of halogens is 2. The SMILES string of the molecule is CCCCC(=O)N1CC[C@H]2CCN(C(=O)[C@@H]3CCCN3C(=O)[C@@H](NC(=O)c3cc4cc(C(F)(F)P(=O)(O)O)ccc4s3)C(C)(C)C)[C@H]2C1. The number of fused-ring (bicyclic) bond motifs is 2. The molecule has 3 aliphatic rings. The second-order valence-electron chi connectivity index (χ2n) is 14.3. The summed E-state index contributed by atoms with van der Waals surface area (Å²) in [6, 6.07) is 2.73. The summed E-state index contributed by atoms with van der Waals surface area (Å²) in [5.74, 6) is -0.673. The first-order chi connectivity index (χ1) is 22.4. The Bertz CT molecular complexity index is 1620. The summed E-state index contributed by atoms with van der Waals surface area (Å²) in [5.41, 5.74) is -6.01. The molecule has 5 rings (SSSR count). The zero-order chi connectivity index (χ0) is 35.2. The van der Waals surface area contributed by atoms with Crippen molar-refractivity contribution >= 4 is 52.6 Å². The van der Waals surface area contributed by atoms with Gasteiger partial charge < -0.3 is 29.8 Å². The quantitative estimate of drug-likeness (QED) is 0.314. The van der Waals surface area contributed by atoms with Crippen molar-refractivity contribution in [1.29, 1.82) is 0 Å². The topological polar surface area (TPSA) is 148 Å². The number of nitrogens with zero attached hydrogens (tertiary/aromatic N) is 3. The molecule has 4 heterocycles. The predicted molar refractivity (Wildman–Crippen MR) is 178 cm³/mol. The Morgan fingerprint density at radius 1 is 1.04 bits per heavy atom. The first-order valence-electron chi connectivity index (χ1n) is 16.6. The lowest BCUT2D eigenvalue weighted by molar-refractivity contribution is -0.148. The van der Waals surface area contributed by atoms with Crippen LogP contribution in [0.1, 0.15) is 87.9 Å². The number of piperidine rings is 1. The first kappa shape index (κ1) is 36.4. The Balaban J connectivity index is 1.31. The molecule has 3 fully saturated rings. The minimum Gasteiger partial charge on any atom is -0.341 e. The molecule has 0 saturated carbocycles. The third-order valence-electron chi connectivity index (χ3n) is 9.91. The molecule has 0 unspecified atom stereocenters.